The lowest BCUT2D eigenvalue weighted by Gasteiger charge is -2.29. The minimum absolute atomic E-state index is 0.294. The molecule has 3 heteroatoms. The van der Waals surface area contributed by atoms with Crippen LogP contribution in [-0.4, -0.2) is 27.0 Å². The Labute approximate surface area is 103 Å². The molecule has 0 spiro atoms. The Morgan fingerprint density at radius 1 is 1.47 bits per heavy atom. The van der Waals surface area contributed by atoms with Crippen LogP contribution in [-0.2, 0) is 4.79 Å². The summed E-state index contributed by atoms with van der Waals surface area (Å²) < 4.78 is 5.19. The Morgan fingerprint density at radius 2 is 2.18 bits per heavy atom. The Bertz CT molecular complexity index is 378. The van der Waals surface area contributed by atoms with E-state index in [0.29, 0.717) is 6.54 Å². The van der Waals surface area contributed by atoms with E-state index in [1.54, 1.807) is 7.11 Å². The highest BCUT2D eigenvalue weighted by molar-refractivity contribution is 5.61. The molecule has 1 unspecified atom stereocenters. The van der Waals surface area contributed by atoms with Gasteiger partial charge in [-0.15, -0.1) is 0 Å². The van der Waals surface area contributed by atoms with Gasteiger partial charge in [-0.2, -0.15) is 0 Å². The number of nitrogens with zero attached hydrogens (tertiary/aromatic N) is 1. The second kappa shape index (κ2) is 5.71. The largest absolute Gasteiger partial charge is 0.497 e. The lowest BCUT2D eigenvalue weighted by Crippen LogP contribution is -2.34. The molecule has 0 fully saturated rings. The number of rotatable bonds is 6. The lowest BCUT2D eigenvalue weighted by atomic mass is 9.89. The van der Waals surface area contributed by atoms with Crippen LogP contribution in [0.25, 0.3) is 0 Å². The Hall–Kier alpha value is -1.51. The minimum atomic E-state index is -0.294. The summed E-state index contributed by atoms with van der Waals surface area (Å²) in [5.74, 6) is 0.832. The normalized spacial score (nSPS) is 13.9. The molecule has 0 saturated heterocycles. The minimum Gasteiger partial charge on any atom is -0.497 e. The second-order valence-electron chi connectivity index (χ2n) is 4.68. The van der Waals surface area contributed by atoms with Gasteiger partial charge in [0.15, 0.2) is 0 Å². The molecule has 0 aromatic heterocycles. The summed E-state index contributed by atoms with van der Waals surface area (Å²) in [4.78, 5) is 13.2. The third-order valence-corrected chi connectivity index (χ3v) is 3.18. The van der Waals surface area contributed by atoms with Gasteiger partial charge >= 0.3 is 0 Å². The molecule has 0 amide bonds. The number of hydrogen-bond donors (Lipinski definition) is 0. The number of benzene rings is 1. The molecular weight excluding hydrogens is 214 g/mol. The maximum Gasteiger partial charge on any atom is 0.127 e. The van der Waals surface area contributed by atoms with Crippen molar-refractivity contribution in [3.8, 4) is 5.75 Å². The molecule has 0 saturated carbocycles. The van der Waals surface area contributed by atoms with Crippen molar-refractivity contribution in [3.05, 3.63) is 24.3 Å². The molecule has 1 rings (SSSR count). The molecule has 0 aliphatic rings. The molecular formula is C14H21NO2. The second-order valence-corrected chi connectivity index (χ2v) is 4.68. The van der Waals surface area contributed by atoms with Crippen LogP contribution in [0.2, 0.25) is 0 Å². The van der Waals surface area contributed by atoms with Crippen LogP contribution in [0, 0.1) is 5.41 Å². The van der Waals surface area contributed by atoms with E-state index in [0.717, 1.165) is 24.1 Å². The summed E-state index contributed by atoms with van der Waals surface area (Å²) in [6, 6.07) is 7.86. The topological polar surface area (TPSA) is 29.5 Å². The first-order valence-corrected chi connectivity index (χ1v) is 5.86. The molecule has 0 aliphatic carbocycles. The number of carbonyl (C=O) groups excluding carboxylic acids is 1. The van der Waals surface area contributed by atoms with Crippen LogP contribution < -0.4 is 9.64 Å². The first kappa shape index (κ1) is 13.6. The van der Waals surface area contributed by atoms with Crippen molar-refractivity contribution in [1.82, 2.24) is 0 Å². The van der Waals surface area contributed by atoms with E-state index in [4.69, 9.17) is 4.74 Å². The average Bonchev–Trinajstić information content (AvgIpc) is 2.38. The SMILES string of the molecule is CCC(C)(C=O)CN(C)c1cccc(OC)c1. The van der Waals surface area contributed by atoms with Crippen molar-refractivity contribution in [2.45, 2.75) is 20.3 Å². The van der Waals surface area contributed by atoms with Crippen LogP contribution >= 0.6 is 0 Å². The first-order valence-electron chi connectivity index (χ1n) is 5.86. The molecule has 1 aromatic carbocycles. The monoisotopic (exact) mass is 235 g/mol. The summed E-state index contributed by atoms with van der Waals surface area (Å²) in [5, 5.41) is 0. The maximum atomic E-state index is 11.1. The van der Waals surface area contributed by atoms with Gasteiger partial charge in [-0.1, -0.05) is 19.9 Å². The Balaban J connectivity index is 2.81. The van der Waals surface area contributed by atoms with E-state index < -0.39 is 0 Å². The van der Waals surface area contributed by atoms with Crippen LogP contribution in [0.3, 0.4) is 0 Å². The predicted octanol–water partition coefficient (Wildman–Crippen LogP) is 2.75. The fraction of sp³-hybridized carbons (Fsp3) is 0.500. The van der Waals surface area contributed by atoms with Gasteiger partial charge in [0, 0.05) is 30.8 Å². The zero-order valence-electron chi connectivity index (χ0n) is 11.1. The van der Waals surface area contributed by atoms with Crippen LogP contribution in [0.5, 0.6) is 5.75 Å². The smallest absolute Gasteiger partial charge is 0.127 e. The van der Waals surface area contributed by atoms with Gasteiger partial charge in [-0.25, -0.2) is 0 Å². The molecule has 94 valence electrons. The standard InChI is InChI=1S/C14H21NO2/c1-5-14(2,11-16)10-15(3)12-7-6-8-13(9-12)17-4/h6-9,11H,5,10H2,1-4H3. The quantitative estimate of drug-likeness (QED) is 0.710. The molecule has 0 radical (unpaired) electrons. The summed E-state index contributed by atoms with van der Waals surface area (Å²) in [7, 11) is 3.65. The van der Waals surface area contributed by atoms with Gasteiger partial charge < -0.3 is 14.4 Å². The van der Waals surface area contributed by atoms with Crippen molar-refractivity contribution in [3.63, 3.8) is 0 Å². The van der Waals surface area contributed by atoms with Gasteiger partial charge in [0.05, 0.1) is 7.11 Å². The van der Waals surface area contributed by atoms with Crippen LogP contribution in [0.15, 0.2) is 24.3 Å². The highest BCUT2D eigenvalue weighted by Crippen LogP contribution is 2.25. The van der Waals surface area contributed by atoms with Crippen molar-refractivity contribution in [2.75, 3.05) is 25.6 Å². The Morgan fingerprint density at radius 3 is 2.71 bits per heavy atom. The van der Waals surface area contributed by atoms with E-state index in [1.165, 1.54) is 0 Å². The van der Waals surface area contributed by atoms with E-state index in [-0.39, 0.29) is 5.41 Å². The third-order valence-electron chi connectivity index (χ3n) is 3.18. The van der Waals surface area contributed by atoms with E-state index in [1.807, 2.05) is 45.2 Å². The first-order chi connectivity index (χ1) is 8.04. The maximum absolute atomic E-state index is 11.1. The van der Waals surface area contributed by atoms with Gasteiger partial charge in [0.25, 0.3) is 0 Å². The van der Waals surface area contributed by atoms with Crippen molar-refractivity contribution in [2.24, 2.45) is 5.41 Å². The molecule has 0 bridgehead atoms. The fourth-order valence-corrected chi connectivity index (χ4v) is 1.71. The van der Waals surface area contributed by atoms with Gasteiger partial charge in [0.2, 0.25) is 0 Å². The zero-order valence-corrected chi connectivity index (χ0v) is 11.1. The van der Waals surface area contributed by atoms with Crippen LogP contribution in [0.4, 0.5) is 5.69 Å². The summed E-state index contributed by atoms with van der Waals surface area (Å²) in [6.45, 7) is 4.73. The summed E-state index contributed by atoms with van der Waals surface area (Å²) >= 11 is 0. The molecule has 0 N–H and O–H groups in total. The highest BCUT2D eigenvalue weighted by Gasteiger charge is 2.23. The van der Waals surface area contributed by atoms with E-state index in [9.17, 15) is 4.79 Å². The molecule has 0 aliphatic heterocycles. The fourth-order valence-electron chi connectivity index (χ4n) is 1.71. The van der Waals surface area contributed by atoms with Gasteiger partial charge in [-0.05, 0) is 18.6 Å². The summed E-state index contributed by atoms with van der Waals surface area (Å²) in [6.07, 6.45) is 1.88. The molecule has 3 nitrogen and oxygen atoms in total. The Kier molecular flexibility index (Phi) is 4.55. The number of methoxy groups -OCH3 is 1. The lowest BCUT2D eigenvalue weighted by molar-refractivity contribution is -0.115. The average molecular weight is 235 g/mol. The van der Waals surface area contributed by atoms with Gasteiger partial charge in [0.1, 0.15) is 12.0 Å². The number of hydrogen-bond acceptors (Lipinski definition) is 3. The third kappa shape index (κ3) is 3.48. The highest BCUT2D eigenvalue weighted by atomic mass is 16.5. The van der Waals surface area contributed by atoms with E-state index in [2.05, 4.69) is 4.90 Å². The number of aldehydes is 1. The molecule has 0 heterocycles. The van der Waals surface area contributed by atoms with Crippen molar-refractivity contribution < 1.29 is 9.53 Å². The van der Waals surface area contributed by atoms with Crippen molar-refractivity contribution >= 4 is 12.0 Å². The number of carbonyl (C=O) groups is 1. The molecule has 1 aromatic rings. The van der Waals surface area contributed by atoms with Gasteiger partial charge in [-0.3, -0.25) is 0 Å². The van der Waals surface area contributed by atoms with Crippen molar-refractivity contribution in [1.29, 1.82) is 0 Å². The number of ether oxygens (including phenoxy) is 1. The zero-order chi connectivity index (χ0) is 12.9. The predicted molar refractivity (Wildman–Crippen MR) is 70.7 cm³/mol. The molecule has 17 heavy (non-hydrogen) atoms. The van der Waals surface area contributed by atoms with Crippen LogP contribution in [0.1, 0.15) is 20.3 Å². The summed E-state index contributed by atoms with van der Waals surface area (Å²) in [5.41, 5.74) is 0.767. The van der Waals surface area contributed by atoms with E-state index >= 15 is 0 Å². The molecule has 1 atom stereocenters. The number of anilines is 1.